The molecule has 0 bridgehead atoms. The van der Waals surface area contributed by atoms with E-state index in [-0.39, 0.29) is 52.7 Å². The van der Waals surface area contributed by atoms with Gasteiger partial charge in [-0.2, -0.15) is 0 Å². The molecule has 3 rings (SSSR count). The number of allylic oxidation sites excluding steroid dienone is 1. The second kappa shape index (κ2) is 15.5. The Morgan fingerprint density at radius 1 is 1.09 bits per heavy atom. The van der Waals surface area contributed by atoms with Crippen LogP contribution in [0, 0.1) is 12.3 Å². The second-order valence-corrected chi connectivity index (χ2v) is 10.3. The molecule has 3 N–H and O–H groups in total. The number of rotatable bonds is 8. The van der Waals surface area contributed by atoms with Gasteiger partial charge in [-0.15, -0.1) is 6.42 Å². The Morgan fingerprint density at radius 2 is 1.77 bits per heavy atom. The van der Waals surface area contributed by atoms with Crippen LogP contribution >= 0.6 is 0 Å². The number of carbonyl (C=O) groups is 3. The lowest BCUT2D eigenvalue weighted by Gasteiger charge is -2.24. The summed E-state index contributed by atoms with van der Waals surface area (Å²) in [7, 11) is 4.33. The summed E-state index contributed by atoms with van der Waals surface area (Å²) in [5.74, 6) is 0.291. The Hall–Kier alpha value is -4.65. The monoisotopic (exact) mass is 593 g/mol. The lowest BCUT2D eigenvalue weighted by Crippen LogP contribution is -2.26. The van der Waals surface area contributed by atoms with Gasteiger partial charge in [0.05, 0.1) is 34.0 Å². The molecule has 0 radical (unpaired) electrons. The molecule has 0 spiro atoms. The fourth-order valence-corrected chi connectivity index (χ4v) is 5.12. The van der Waals surface area contributed by atoms with Crippen molar-refractivity contribution in [2.75, 3.05) is 27.9 Å². The summed E-state index contributed by atoms with van der Waals surface area (Å²) >= 11 is 0. The van der Waals surface area contributed by atoms with Crippen LogP contribution in [0.15, 0.2) is 24.3 Å². The van der Waals surface area contributed by atoms with Crippen molar-refractivity contribution < 1.29 is 43.5 Å². The van der Waals surface area contributed by atoms with Crippen molar-refractivity contribution in [2.45, 2.75) is 63.9 Å². The van der Waals surface area contributed by atoms with Crippen molar-refractivity contribution >= 4 is 23.7 Å². The number of amides is 1. The quantitative estimate of drug-likeness (QED) is 0.289. The zero-order valence-electron chi connectivity index (χ0n) is 25.0. The number of phenolic OH excluding ortho intramolecular Hbond substituents is 2. The highest BCUT2D eigenvalue weighted by atomic mass is 16.5. The number of benzene rings is 2. The molecule has 2 aromatic carbocycles. The fourth-order valence-electron chi connectivity index (χ4n) is 5.12. The Balaban J connectivity index is 2.24. The van der Waals surface area contributed by atoms with E-state index in [1.807, 2.05) is 0 Å². The van der Waals surface area contributed by atoms with Gasteiger partial charge in [-0.1, -0.05) is 18.1 Å². The molecule has 10 heteroatoms. The van der Waals surface area contributed by atoms with Crippen molar-refractivity contribution in [3.63, 3.8) is 0 Å². The topological polar surface area (TPSA) is 141 Å². The van der Waals surface area contributed by atoms with Crippen LogP contribution in [-0.2, 0) is 14.3 Å². The van der Waals surface area contributed by atoms with E-state index in [2.05, 4.69) is 11.2 Å². The van der Waals surface area contributed by atoms with E-state index in [4.69, 9.17) is 25.4 Å². The van der Waals surface area contributed by atoms with Crippen LogP contribution in [0.3, 0.4) is 0 Å². The number of terminal acetylenes is 1. The summed E-state index contributed by atoms with van der Waals surface area (Å²) in [5, 5.41) is 25.6. The van der Waals surface area contributed by atoms with E-state index < -0.39 is 29.6 Å². The summed E-state index contributed by atoms with van der Waals surface area (Å²) in [4.78, 5) is 38.6. The Labute approximate surface area is 252 Å². The first-order valence-corrected chi connectivity index (χ1v) is 14.1. The number of hydrogen-bond donors (Lipinski definition) is 3. The van der Waals surface area contributed by atoms with Crippen molar-refractivity contribution in [1.82, 2.24) is 5.32 Å². The highest BCUT2D eigenvalue weighted by Crippen LogP contribution is 2.47. The molecule has 43 heavy (non-hydrogen) atoms. The Bertz CT molecular complexity index is 1380. The summed E-state index contributed by atoms with van der Waals surface area (Å²) in [6, 6.07) is 4.56. The van der Waals surface area contributed by atoms with E-state index in [1.165, 1.54) is 27.4 Å². The summed E-state index contributed by atoms with van der Waals surface area (Å²) in [5.41, 5.74) is 0.456. The predicted octanol–water partition coefficient (Wildman–Crippen LogP) is 4.88. The molecule has 0 aliphatic carbocycles. The van der Waals surface area contributed by atoms with E-state index in [1.54, 1.807) is 31.2 Å². The molecule has 230 valence electrons. The van der Waals surface area contributed by atoms with Gasteiger partial charge < -0.3 is 34.5 Å². The number of hydrogen-bond acceptors (Lipinski definition) is 9. The smallest absolute Gasteiger partial charge is 0.342 e. The number of Topliss-reactive ketones (excluding diaryl/α,β-unsaturated/α-hetero) is 1. The minimum absolute atomic E-state index is 0.0242. The van der Waals surface area contributed by atoms with Gasteiger partial charge in [0.25, 0.3) is 0 Å². The van der Waals surface area contributed by atoms with Crippen LogP contribution < -0.4 is 19.5 Å². The summed E-state index contributed by atoms with van der Waals surface area (Å²) < 4.78 is 22.1. The molecule has 0 aromatic heterocycles. The average Bonchev–Trinajstić information content (AvgIpc) is 2.97. The zero-order chi connectivity index (χ0) is 31.5. The molecule has 10 nitrogen and oxygen atoms in total. The minimum atomic E-state index is -0.981. The standard InChI is InChI=1S/C33H39NO9/c1-6-15-34-28(37)19-24(22-17-26(40-3)32(42-5)27(18-22)41-4)30-25(36)16-21-12-8-7-9-13-23(35)14-10-11-20(2)43-33(39)29(21)31(30)38/h1,8,12,16-18,20,24,36,38H,7,9-11,13-15,19H2,2-5H3,(H,34,37)/t20-,24?/m0/s1. The van der Waals surface area contributed by atoms with Crippen LogP contribution in [0.25, 0.3) is 6.08 Å². The number of ketones is 1. The molecule has 1 aliphatic rings. The maximum atomic E-state index is 13.5. The first-order chi connectivity index (χ1) is 20.6. The molecular formula is C33H39NO9. The number of nitrogens with one attached hydrogen (secondary N) is 1. The van der Waals surface area contributed by atoms with E-state index in [9.17, 15) is 24.6 Å². The molecule has 1 unspecified atom stereocenters. The van der Waals surface area contributed by atoms with Gasteiger partial charge in [-0.05, 0) is 61.9 Å². The molecule has 1 aliphatic heterocycles. The van der Waals surface area contributed by atoms with E-state index in [0.717, 1.165) is 0 Å². The number of fused-ring (bicyclic) bond motifs is 1. The summed E-state index contributed by atoms with van der Waals surface area (Å²) in [6.07, 6.45) is 11.0. The van der Waals surface area contributed by atoms with E-state index >= 15 is 0 Å². The lowest BCUT2D eigenvalue weighted by molar-refractivity contribution is -0.121. The van der Waals surface area contributed by atoms with Crippen LogP contribution in [0.2, 0.25) is 0 Å². The maximum Gasteiger partial charge on any atom is 0.342 e. The van der Waals surface area contributed by atoms with E-state index in [0.29, 0.717) is 49.8 Å². The predicted molar refractivity (Wildman–Crippen MR) is 161 cm³/mol. The van der Waals surface area contributed by atoms with Crippen LogP contribution in [0.1, 0.15) is 84.8 Å². The molecule has 0 saturated heterocycles. The van der Waals surface area contributed by atoms with Crippen molar-refractivity contribution in [3.8, 4) is 41.1 Å². The Morgan fingerprint density at radius 3 is 2.40 bits per heavy atom. The molecule has 1 heterocycles. The normalized spacial score (nSPS) is 16.6. The molecule has 0 fully saturated rings. The number of methoxy groups -OCH3 is 3. The van der Waals surface area contributed by atoms with Crippen LogP contribution in [-0.4, -0.2) is 61.9 Å². The van der Waals surface area contributed by atoms with Gasteiger partial charge in [-0.25, -0.2) is 4.79 Å². The summed E-state index contributed by atoms with van der Waals surface area (Å²) in [6.45, 7) is 1.69. The third-order valence-corrected chi connectivity index (χ3v) is 7.27. The van der Waals surface area contributed by atoms with Gasteiger partial charge in [0, 0.05) is 30.7 Å². The highest BCUT2D eigenvalue weighted by molar-refractivity contribution is 5.98. The number of aromatic hydroxyl groups is 2. The van der Waals surface area contributed by atoms with Crippen LogP contribution in [0.5, 0.6) is 28.7 Å². The van der Waals surface area contributed by atoms with Crippen LogP contribution in [0.4, 0.5) is 0 Å². The molecular weight excluding hydrogens is 554 g/mol. The van der Waals surface area contributed by atoms with Crippen molar-refractivity contribution in [1.29, 1.82) is 0 Å². The zero-order valence-corrected chi connectivity index (χ0v) is 25.0. The highest BCUT2D eigenvalue weighted by Gasteiger charge is 2.32. The minimum Gasteiger partial charge on any atom is -0.507 e. The number of phenols is 2. The fraction of sp³-hybridized carbons (Fsp3) is 0.424. The van der Waals surface area contributed by atoms with Gasteiger partial charge in [-0.3, -0.25) is 9.59 Å². The van der Waals surface area contributed by atoms with Gasteiger partial charge >= 0.3 is 5.97 Å². The third kappa shape index (κ3) is 8.22. The lowest BCUT2D eigenvalue weighted by atomic mass is 9.84. The molecule has 0 saturated carbocycles. The number of carbonyl (C=O) groups excluding carboxylic acids is 3. The maximum absolute atomic E-state index is 13.5. The average molecular weight is 594 g/mol. The number of ether oxygens (including phenoxy) is 4. The molecule has 2 atom stereocenters. The van der Waals surface area contributed by atoms with Gasteiger partial charge in [0.15, 0.2) is 11.5 Å². The first-order valence-electron chi connectivity index (χ1n) is 14.1. The van der Waals surface area contributed by atoms with Crippen molar-refractivity contribution in [3.05, 3.63) is 46.5 Å². The molecule has 1 amide bonds. The van der Waals surface area contributed by atoms with Gasteiger partial charge in [0.2, 0.25) is 11.7 Å². The van der Waals surface area contributed by atoms with Gasteiger partial charge in [0.1, 0.15) is 22.8 Å². The second-order valence-electron chi connectivity index (χ2n) is 10.3. The Kier molecular flexibility index (Phi) is 11.9. The first kappa shape index (κ1) is 32.9. The largest absolute Gasteiger partial charge is 0.507 e. The number of esters is 1. The molecule has 2 aromatic rings. The van der Waals surface area contributed by atoms with Crippen molar-refractivity contribution in [2.24, 2.45) is 0 Å². The SMILES string of the molecule is C#CCNC(=O)CC(c1cc(OC)c(OC)c(OC)c1)c1c(O)cc2c(c1O)C(=O)O[C@@H](C)CCCC(=O)CCCC=C2. The third-order valence-electron chi connectivity index (χ3n) is 7.27. The number of cyclic esters (lactones) is 1.